The van der Waals surface area contributed by atoms with Gasteiger partial charge in [0.15, 0.2) is 0 Å². The molecule has 0 heterocycles. The summed E-state index contributed by atoms with van der Waals surface area (Å²) in [6.45, 7) is 5.69. The monoisotopic (exact) mass is 402 g/mol. The normalized spacial score (nSPS) is 19.1. The van der Waals surface area contributed by atoms with Crippen molar-refractivity contribution in [2.45, 2.75) is 97.3 Å². The highest BCUT2D eigenvalue weighted by atomic mass is 16.5. The van der Waals surface area contributed by atoms with Gasteiger partial charge >= 0.3 is 5.97 Å². The van der Waals surface area contributed by atoms with Crippen molar-refractivity contribution in [2.24, 2.45) is 11.8 Å². The maximum atomic E-state index is 12.0. The van der Waals surface area contributed by atoms with Gasteiger partial charge in [0.25, 0.3) is 0 Å². The topological polar surface area (TPSA) is 35.5 Å². The first-order chi connectivity index (χ1) is 14.2. The third kappa shape index (κ3) is 9.69. The molecule has 1 fully saturated rings. The molecule has 1 aliphatic carbocycles. The van der Waals surface area contributed by atoms with Crippen LogP contribution < -0.4 is 4.74 Å². The van der Waals surface area contributed by atoms with Gasteiger partial charge in [-0.05, 0) is 55.4 Å². The summed E-state index contributed by atoms with van der Waals surface area (Å²) in [5, 5.41) is 0. The van der Waals surface area contributed by atoms with Gasteiger partial charge in [0.1, 0.15) is 5.75 Å². The van der Waals surface area contributed by atoms with Crippen LogP contribution >= 0.6 is 0 Å². The van der Waals surface area contributed by atoms with Gasteiger partial charge < -0.3 is 9.47 Å². The lowest BCUT2D eigenvalue weighted by molar-refractivity contribution is 0.0498. The molecule has 2 rings (SSSR count). The van der Waals surface area contributed by atoms with Gasteiger partial charge in [0.05, 0.1) is 18.8 Å². The van der Waals surface area contributed by atoms with E-state index in [4.69, 9.17) is 9.47 Å². The molecule has 1 aliphatic rings. The predicted octanol–water partition coefficient (Wildman–Crippen LogP) is 7.58. The second kappa shape index (κ2) is 14.5. The van der Waals surface area contributed by atoms with E-state index >= 15 is 0 Å². The Morgan fingerprint density at radius 2 is 1.38 bits per heavy atom. The molecule has 3 heteroatoms. The van der Waals surface area contributed by atoms with Crippen LogP contribution in [0.25, 0.3) is 0 Å². The fourth-order valence-electron chi connectivity index (χ4n) is 4.34. The molecular formula is C26H42O3. The van der Waals surface area contributed by atoms with Gasteiger partial charge in [0, 0.05) is 0 Å². The molecule has 1 saturated carbocycles. The van der Waals surface area contributed by atoms with Gasteiger partial charge in [-0.3, -0.25) is 0 Å². The molecule has 0 aromatic heterocycles. The van der Waals surface area contributed by atoms with Crippen LogP contribution in [-0.4, -0.2) is 19.2 Å². The molecule has 0 amide bonds. The highest BCUT2D eigenvalue weighted by Gasteiger charge is 2.20. The van der Waals surface area contributed by atoms with Crippen molar-refractivity contribution in [1.29, 1.82) is 0 Å². The zero-order chi connectivity index (χ0) is 20.7. The van der Waals surface area contributed by atoms with E-state index in [1.165, 1.54) is 57.8 Å². The number of carbonyl (C=O) groups excluding carboxylic acids is 1. The molecule has 1 aromatic rings. The van der Waals surface area contributed by atoms with Crippen molar-refractivity contribution in [2.75, 3.05) is 13.2 Å². The van der Waals surface area contributed by atoms with Crippen molar-refractivity contribution in [1.82, 2.24) is 0 Å². The molecule has 0 aliphatic heterocycles. The Bertz CT molecular complexity index is 544. The molecule has 0 spiro atoms. The van der Waals surface area contributed by atoms with E-state index in [0.29, 0.717) is 12.2 Å². The maximum absolute atomic E-state index is 12.0. The average Bonchev–Trinajstić information content (AvgIpc) is 2.76. The Kier molecular flexibility index (Phi) is 11.9. The van der Waals surface area contributed by atoms with Crippen molar-refractivity contribution >= 4 is 5.97 Å². The first kappa shape index (κ1) is 23.8. The summed E-state index contributed by atoms with van der Waals surface area (Å²) >= 11 is 0. The number of benzene rings is 1. The molecule has 1 aromatic carbocycles. The molecule has 0 atom stereocenters. The Morgan fingerprint density at radius 3 is 2.00 bits per heavy atom. The van der Waals surface area contributed by atoms with Gasteiger partial charge in [-0.2, -0.15) is 0 Å². The Hall–Kier alpha value is -1.51. The summed E-state index contributed by atoms with van der Waals surface area (Å²) in [6, 6.07) is 7.36. The number of hydrogen-bond donors (Lipinski definition) is 0. The Balaban J connectivity index is 1.56. The minimum absolute atomic E-state index is 0.238. The van der Waals surface area contributed by atoms with Crippen molar-refractivity contribution in [3.8, 4) is 5.75 Å². The molecule has 0 saturated heterocycles. The maximum Gasteiger partial charge on any atom is 0.338 e. The van der Waals surface area contributed by atoms with E-state index in [-0.39, 0.29) is 5.97 Å². The standard InChI is InChI=1S/C26H42O3/c1-3-5-7-10-22-12-14-23(15-13-22)11-9-21-28-25-18-16-24(17-19-25)26(27)29-20-8-6-4-2/h16-19,22-23H,3-15,20-21H2,1-2H3/t22-,23-. The van der Waals surface area contributed by atoms with Gasteiger partial charge in [0.2, 0.25) is 0 Å². The van der Waals surface area contributed by atoms with Crippen molar-refractivity contribution < 1.29 is 14.3 Å². The second-order valence-corrected chi connectivity index (χ2v) is 8.74. The minimum Gasteiger partial charge on any atom is -0.494 e. The summed E-state index contributed by atoms with van der Waals surface area (Å²) in [6.07, 6.45) is 16.9. The largest absolute Gasteiger partial charge is 0.494 e. The third-order valence-corrected chi connectivity index (χ3v) is 6.28. The number of rotatable bonds is 14. The van der Waals surface area contributed by atoms with Crippen LogP contribution in [0.15, 0.2) is 24.3 Å². The molecule has 3 nitrogen and oxygen atoms in total. The first-order valence-electron chi connectivity index (χ1n) is 12.1. The summed E-state index contributed by atoms with van der Waals surface area (Å²) in [5.74, 6) is 2.49. The Morgan fingerprint density at radius 1 is 0.793 bits per heavy atom. The van der Waals surface area contributed by atoms with Crippen LogP contribution in [0.3, 0.4) is 0 Å². The zero-order valence-corrected chi connectivity index (χ0v) is 18.8. The van der Waals surface area contributed by atoms with Crippen LogP contribution in [0, 0.1) is 11.8 Å². The fraction of sp³-hybridized carbons (Fsp3) is 0.731. The number of hydrogen-bond acceptors (Lipinski definition) is 3. The van der Waals surface area contributed by atoms with Gasteiger partial charge in [-0.25, -0.2) is 4.79 Å². The first-order valence-corrected chi connectivity index (χ1v) is 12.1. The lowest BCUT2D eigenvalue weighted by Crippen LogP contribution is -2.15. The molecular weight excluding hydrogens is 360 g/mol. The third-order valence-electron chi connectivity index (χ3n) is 6.28. The molecule has 29 heavy (non-hydrogen) atoms. The molecule has 0 N–H and O–H groups in total. The zero-order valence-electron chi connectivity index (χ0n) is 18.8. The van der Waals surface area contributed by atoms with Crippen LogP contribution in [0.2, 0.25) is 0 Å². The van der Waals surface area contributed by atoms with Crippen LogP contribution in [0.4, 0.5) is 0 Å². The van der Waals surface area contributed by atoms with Crippen molar-refractivity contribution in [3.63, 3.8) is 0 Å². The number of carbonyl (C=O) groups is 1. The van der Waals surface area contributed by atoms with E-state index in [9.17, 15) is 4.79 Å². The summed E-state index contributed by atoms with van der Waals surface area (Å²) in [4.78, 5) is 12.0. The van der Waals surface area contributed by atoms with Crippen molar-refractivity contribution in [3.05, 3.63) is 29.8 Å². The number of esters is 1. The molecule has 0 unspecified atom stereocenters. The highest BCUT2D eigenvalue weighted by molar-refractivity contribution is 5.89. The average molecular weight is 403 g/mol. The van der Waals surface area contributed by atoms with E-state index in [1.807, 2.05) is 12.1 Å². The number of ether oxygens (including phenoxy) is 2. The van der Waals surface area contributed by atoms with Crippen LogP contribution in [-0.2, 0) is 4.74 Å². The lowest BCUT2D eigenvalue weighted by atomic mass is 9.78. The van der Waals surface area contributed by atoms with E-state index in [0.717, 1.165) is 49.9 Å². The Labute approximate surface area is 178 Å². The van der Waals surface area contributed by atoms with Crippen LogP contribution in [0.1, 0.15) is 108 Å². The second-order valence-electron chi connectivity index (χ2n) is 8.74. The lowest BCUT2D eigenvalue weighted by Gasteiger charge is -2.28. The summed E-state index contributed by atoms with van der Waals surface area (Å²) in [7, 11) is 0. The number of unbranched alkanes of at least 4 members (excludes halogenated alkanes) is 4. The fourth-order valence-corrected chi connectivity index (χ4v) is 4.34. The highest BCUT2D eigenvalue weighted by Crippen LogP contribution is 2.34. The molecule has 164 valence electrons. The van der Waals surface area contributed by atoms with E-state index in [2.05, 4.69) is 13.8 Å². The van der Waals surface area contributed by atoms with Gasteiger partial charge in [-0.15, -0.1) is 0 Å². The van der Waals surface area contributed by atoms with Crippen LogP contribution in [0.5, 0.6) is 5.75 Å². The van der Waals surface area contributed by atoms with E-state index in [1.54, 1.807) is 12.1 Å². The smallest absolute Gasteiger partial charge is 0.338 e. The van der Waals surface area contributed by atoms with E-state index < -0.39 is 0 Å². The summed E-state index contributed by atoms with van der Waals surface area (Å²) in [5.41, 5.74) is 0.601. The SMILES string of the molecule is CCCCCOC(=O)c1ccc(OCCC[C@H]2CC[C@H](CCCCC)CC2)cc1. The summed E-state index contributed by atoms with van der Waals surface area (Å²) < 4.78 is 11.2. The minimum atomic E-state index is -0.238. The van der Waals surface area contributed by atoms with Gasteiger partial charge in [-0.1, -0.05) is 78.1 Å². The molecule has 0 bridgehead atoms. The quantitative estimate of drug-likeness (QED) is 0.238. The predicted molar refractivity (Wildman–Crippen MR) is 121 cm³/mol. The molecule has 0 radical (unpaired) electrons.